The van der Waals surface area contributed by atoms with Gasteiger partial charge in [0, 0.05) is 30.4 Å². The van der Waals surface area contributed by atoms with E-state index in [0.29, 0.717) is 23.2 Å². The highest BCUT2D eigenvalue weighted by Gasteiger charge is 2.16. The number of rotatable bonds is 5. The molecule has 1 aromatic heterocycles. The van der Waals surface area contributed by atoms with Crippen molar-refractivity contribution in [3.63, 3.8) is 0 Å². The fourth-order valence-corrected chi connectivity index (χ4v) is 3.40. The molecule has 140 valence electrons. The Kier molecular flexibility index (Phi) is 4.96. The van der Waals surface area contributed by atoms with Crippen molar-refractivity contribution in [2.24, 2.45) is 0 Å². The lowest BCUT2D eigenvalue weighted by molar-refractivity contribution is 0.391. The number of hydrogen-bond acceptors (Lipinski definition) is 6. The molecule has 6 heteroatoms. The van der Waals surface area contributed by atoms with Gasteiger partial charge in [0.1, 0.15) is 11.5 Å². The van der Waals surface area contributed by atoms with Gasteiger partial charge in [-0.2, -0.15) is 4.98 Å². The van der Waals surface area contributed by atoms with Crippen molar-refractivity contribution in [3.05, 3.63) is 42.5 Å². The van der Waals surface area contributed by atoms with E-state index in [1.807, 2.05) is 24.3 Å². The van der Waals surface area contributed by atoms with Gasteiger partial charge in [0.2, 0.25) is 5.82 Å². The zero-order valence-electron chi connectivity index (χ0n) is 15.6. The van der Waals surface area contributed by atoms with E-state index >= 15 is 0 Å². The Balaban J connectivity index is 1.57. The normalized spacial score (nSPS) is 14.2. The number of ether oxygens (including phenoxy) is 2. The van der Waals surface area contributed by atoms with Gasteiger partial charge in [0.25, 0.3) is 5.89 Å². The standard InChI is InChI=1S/C21H23N3O3/c1-25-17-10-11-18(19(14-17)26-2)21-22-20(23-27-21)15-6-8-16(9-7-15)24-12-4-3-5-13-24/h6-11,14H,3-5,12-13H2,1-2H3. The molecular weight excluding hydrogens is 342 g/mol. The molecule has 0 unspecified atom stereocenters. The highest BCUT2D eigenvalue weighted by molar-refractivity contribution is 5.67. The number of anilines is 1. The third-order valence-corrected chi connectivity index (χ3v) is 4.91. The molecule has 0 atom stereocenters. The van der Waals surface area contributed by atoms with Gasteiger partial charge in [-0.05, 0) is 55.7 Å². The van der Waals surface area contributed by atoms with E-state index < -0.39 is 0 Å². The van der Waals surface area contributed by atoms with Crippen LogP contribution in [0.2, 0.25) is 0 Å². The van der Waals surface area contributed by atoms with E-state index in [0.717, 1.165) is 24.2 Å². The van der Waals surface area contributed by atoms with E-state index in [-0.39, 0.29) is 0 Å². The summed E-state index contributed by atoms with van der Waals surface area (Å²) in [4.78, 5) is 6.97. The summed E-state index contributed by atoms with van der Waals surface area (Å²) in [5, 5.41) is 4.14. The molecule has 0 aliphatic carbocycles. The molecule has 0 amide bonds. The van der Waals surface area contributed by atoms with Crippen LogP contribution in [0.3, 0.4) is 0 Å². The molecule has 0 bridgehead atoms. The maximum absolute atomic E-state index is 5.48. The molecule has 3 aromatic rings. The minimum atomic E-state index is 0.421. The van der Waals surface area contributed by atoms with Crippen LogP contribution in [-0.4, -0.2) is 37.4 Å². The van der Waals surface area contributed by atoms with Gasteiger partial charge >= 0.3 is 0 Å². The molecule has 1 aliphatic heterocycles. The average Bonchev–Trinajstić information content (AvgIpc) is 3.24. The zero-order chi connectivity index (χ0) is 18.6. The lowest BCUT2D eigenvalue weighted by Crippen LogP contribution is -2.29. The van der Waals surface area contributed by atoms with Crippen molar-refractivity contribution in [1.82, 2.24) is 10.1 Å². The second-order valence-corrected chi connectivity index (χ2v) is 6.58. The largest absolute Gasteiger partial charge is 0.497 e. The topological polar surface area (TPSA) is 60.6 Å². The number of methoxy groups -OCH3 is 2. The Labute approximate surface area is 158 Å². The van der Waals surface area contributed by atoms with Crippen molar-refractivity contribution in [3.8, 4) is 34.3 Å². The molecule has 4 rings (SSSR count). The fourth-order valence-electron chi connectivity index (χ4n) is 3.40. The molecule has 1 aliphatic rings. The van der Waals surface area contributed by atoms with Crippen molar-refractivity contribution in [2.75, 3.05) is 32.2 Å². The number of hydrogen-bond donors (Lipinski definition) is 0. The van der Waals surface area contributed by atoms with Crippen LogP contribution >= 0.6 is 0 Å². The van der Waals surface area contributed by atoms with Crippen LogP contribution in [-0.2, 0) is 0 Å². The summed E-state index contributed by atoms with van der Waals surface area (Å²) in [6.45, 7) is 2.26. The van der Waals surface area contributed by atoms with Crippen LogP contribution in [0.4, 0.5) is 5.69 Å². The Morgan fingerprint density at radius 1 is 0.926 bits per heavy atom. The molecule has 0 saturated carbocycles. The van der Waals surface area contributed by atoms with Crippen LogP contribution in [0.15, 0.2) is 47.0 Å². The summed E-state index contributed by atoms with van der Waals surface area (Å²) in [6, 6.07) is 13.8. The van der Waals surface area contributed by atoms with E-state index in [1.165, 1.54) is 24.9 Å². The van der Waals surface area contributed by atoms with Crippen molar-refractivity contribution in [2.45, 2.75) is 19.3 Å². The van der Waals surface area contributed by atoms with Crippen LogP contribution in [0.25, 0.3) is 22.8 Å². The predicted octanol–water partition coefficient (Wildman–Crippen LogP) is 4.41. The summed E-state index contributed by atoms with van der Waals surface area (Å²) in [7, 11) is 3.22. The van der Waals surface area contributed by atoms with Crippen molar-refractivity contribution >= 4 is 5.69 Å². The Hall–Kier alpha value is -3.02. The predicted molar refractivity (Wildman–Crippen MR) is 104 cm³/mol. The molecule has 0 radical (unpaired) electrons. The maximum Gasteiger partial charge on any atom is 0.262 e. The molecule has 0 spiro atoms. The molecule has 27 heavy (non-hydrogen) atoms. The summed E-state index contributed by atoms with van der Waals surface area (Å²) >= 11 is 0. The van der Waals surface area contributed by atoms with Crippen LogP contribution in [0, 0.1) is 0 Å². The average molecular weight is 365 g/mol. The van der Waals surface area contributed by atoms with Gasteiger partial charge in [-0.25, -0.2) is 0 Å². The van der Waals surface area contributed by atoms with Crippen LogP contribution in [0.1, 0.15) is 19.3 Å². The first-order valence-corrected chi connectivity index (χ1v) is 9.20. The fraction of sp³-hybridized carbons (Fsp3) is 0.333. The first kappa shape index (κ1) is 17.4. The minimum Gasteiger partial charge on any atom is -0.497 e. The Bertz CT molecular complexity index is 899. The van der Waals surface area contributed by atoms with E-state index in [1.54, 1.807) is 20.3 Å². The Morgan fingerprint density at radius 3 is 2.41 bits per heavy atom. The maximum atomic E-state index is 5.48. The van der Waals surface area contributed by atoms with E-state index in [2.05, 4.69) is 27.2 Å². The van der Waals surface area contributed by atoms with Gasteiger partial charge in [-0.15, -0.1) is 0 Å². The molecule has 1 saturated heterocycles. The molecule has 6 nitrogen and oxygen atoms in total. The number of nitrogens with zero attached hydrogens (tertiary/aromatic N) is 3. The van der Waals surface area contributed by atoms with E-state index in [4.69, 9.17) is 14.0 Å². The molecule has 0 N–H and O–H groups in total. The first-order valence-electron chi connectivity index (χ1n) is 9.20. The number of benzene rings is 2. The lowest BCUT2D eigenvalue weighted by atomic mass is 10.1. The molecule has 2 heterocycles. The number of piperidine rings is 1. The van der Waals surface area contributed by atoms with Gasteiger partial charge in [-0.3, -0.25) is 0 Å². The summed E-state index contributed by atoms with van der Waals surface area (Å²) in [5.74, 6) is 2.33. The Morgan fingerprint density at radius 2 is 1.70 bits per heavy atom. The van der Waals surface area contributed by atoms with Gasteiger partial charge < -0.3 is 18.9 Å². The highest BCUT2D eigenvalue weighted by atomic mass is 16.5. The SMILES string of the molecule is COc1ccc(-c2nc(-c3ccc(N4CCCCC4)cc3)no2)c(OC)c1. The van der Waals surface area contributed by atoms with E-state index in [9.17, 15) is 0 Å². The van der Waals surface area contributed by atoms with Crippen LogP contribution < -0.4 is 14.4 Å². The van der Waals surface area contributed by atoms with Crippen LogP contribution in [0.5, 0.6) is 11.5 Å². The third kappa shape index (κ3) is 3.60. The molecular formula is C21H23N3O3. The summed E-state index contributed by atoms with van der Waals surface area (Å²) < 4.78 is 16.1. The van der Waals surface area contributed by atoms with Crippen molar-refractivity contribution < 1.29 is 14.0 Å². The second kappa shape index (κ2) is 7.70. The third-order valence-electron chi connectivity index (χ3n) is 4.91. The smallest absolute Gasteiger partial charge is 0.262 e. The minimum absolute atomic E-state index is 0.421. The quantitative estimate of drug-likeness (QED) is 0.667. The van der Waals surface area contributed by atoms with Gasteiger partial charge in [0.05, 0.1) is 19.8 Å². The lowest BCUT2D eigenvalue weighted by Gasteiger charge is -2.28. The monoisotopic (exact) mass is 365 g/mol. The van der Waals surface area contributed by atoms with Gasteiger partial charge in [-0.1, -0.05) is 5.16 Å². The second-order valence-electron chi connectivity index (χ2n) is 6.58. The first-order chi connectivity index (χ1) is 13.3. The van der Waals surface area contributed by atoms with Crippen molar-refractivity contribution in [1.29, 1.82) is 0 Å². The molecule has 2 aromatic carbocycles. The number of aromatic nitrogens is 2. The highest BCUT2D eigenvalue weighted by Crippen LogP contribution is 2.33. The summed E-state index contributed by atoms with van der Waals surface area (Å²) in [6.07, 6.45) is 3.86. The zero-order valence-corrected chi connectivity index (χ0v) is 15.6. The van der Waals surface area contributed by atoms with Gasteiger partial charge in [0.15, 0.2) is 0 Å². The summed E-state index contributed by atoms with van der Waals surface area (Å²) in [5.41, 5.74) is 2.92. The molecule has 1 fully saturated rings.